The Labute approximate surface area is 170 Å². The fraction of sp³-hybridized carbons (Fsp3) is 0.476. The van der Waals surface area contributed by atoms with Crippen molar-refractivity contribution in [3.05, 3.63) is 48.0 Å². The molecule has 0 spiro atoms. The summed E-state index contributed by atoms with van der Waals surface area (Å²) in [6, 6.07) is 7.82. The first-order valence-corrected chi connectivity index (χ1v) is 9.79. The zero-order chi connectivity index (χ0) is 20.7. The molecule has 0 bridgehead atoms. The van der Waals surface area contributed by atoms with Gasteiger partial charge in [0.1, 0.15) is 5.75 Å². The molecular formula is C21H27N5O3. The summed E-state index contributed by atoms with van der Waals surface area (Å²) >= 11 is 0. The molecule has 2 aliphatic rings. The average molecular weight is 397 g/mol. The summed E-state index contributed by atoms with van der Waals surface area (Å²) in [6.45, 7) is 1.90. The van der Waals surface area contributed by atoms with Crippen molar-refractivity contribution in [1.82, 2.24) is 24.3 Å². The number of likely N-dealkylation sites (tertiary alicyclic amines) is 2. The normalized spacial score (nSPS) is 23.2. The first-order chi connectivity index (χ1) is 13.9. The molecule has 1 aromatic heterocycles. The van der Waals surface area contributed by atoms with Crippen LogP contribution < -0.4 is 4.74 Å². The molecule has 4 rings (SSSR count). The number of rotatable bonds is 3. The molecule has 3 heterocycles. The molecule has 3 amide bonds. The Balaban J connectivity index is 1.61. The lowest BCUT2D eigenvalue weighted by Crippen LogP contribution is -2.42. The minimum absolute atomic E-state index is 0.00203. The third-order valence-corrected chi connectivity index (χ3v) is 6.05. The van der Waals surface area contributed by atoms with Crippen molar-refractivity contribution in [1.29, 1.82) is 0 Å². The Morgan fingerprint density at radius 1 is 1.14 bits per heavy atom. The standard InChI is InChI=1S/C21H27N5O3/c1-23(2)21(28)26-12-15-11-25(20(27)19-22-9-10-24(19)3)13-17(15)18(26)14-5-7-16(29-4)8-6-14/h5-10,15,17-18H,11-13H2,1-4H3/t15-,17-,18+/m1/s1. The van der Waals surface area contributed by atoms with Crippen molar-refractivity contribution in [2.45, 2.75) is 6.04 Å². The highest BCUT2D eigenvalue weighted by Gasteiger charge is 2.50. The summed E-state index contributed by atoms with van der Waals surface area (Å²) in [5.74, 6) is 1.62. The lowest BCUT2D eigenvalue weighted by Gasteiger charge is -2.32. The predicted molar refractivity (Wildman–Crippen MR) is 108 cm³/mol. The van der Waals surface area contributed by atoms with Crippen molar-refractivity contribution in [3.8, 4) is 5.75 Å². The molecule has 0 unspecified atom stereocenters. The zero-order valence-electron chi connectivity index (χ0n) is 17.3. The maximum absolute atomic E-state index is 12.9. The van der Waals surface area contributed by atoms with Gasteiger partial charge in [-0.15, -0.1) is 0 Å². The smallest absolute Gasteiger partial charge is 0.320 e. The minimum Gasteiger partial charge on any atom is -0.497 e. The molecule has 0 N–H and O–H groups in total. The topological polar surface area (TPSA) is 70.9 Å². The van der Waals surface area contributed by atoms with Gasteiger partial charge in [-0.05, 0) is 17.7 Å². The number of ether oxygens (including phenoxy) is 1. The molecule has 0 saturated carbocycles. The molecule has 154 valence electrons. The van der Waals surface area contributed by atoms with Gasteiger partial charge in [-0.25, -0.2) is 9.78 Å². The molecular weight excluding hydrogens is 370 g/mol. The number of aryl methyl sites for hydroxylation is 1. The molecule has 8 heteroatoms. The number of nitrogens with zero attached hydrogens (tertiary/aromatic N) is 5. The van der Waals surface area contributed by atoms with Gasteiger partial charge < -0.3 is 24.0 Å². The number of imidazole rings is 1. The van der Waals surface area contributed by atoms with Gasteiger partial charge in [-0.3, -0.25) is 4.79 Å². The first kappa shape index (κ1) is 19.3. The van der Waals surface area contributed by atoms with E-state index in [4.69, 9.17) is 4.74 Å². The van der Waals surface area contributed by atoms with Gasteiger partial charge in [0, 0.05) is 65.0 Å². The van der Waals surface area contributed by atoms with E-state index in [1.54, 1.807) is 43.1 Å². The van der Waals surface area contributed by atoms with E-state index in [9.17, 15) is 9.59 Å². The maximum Gasteiger partial charge on any atom is 0.320 e. The van der Waals surface area contributed by atoms with Crippen molar-refractivity contribution in [3.63, 3.8) is 0 Å². The Morgan fingerprint density at radius 2 is 1.86 bits per heavy atom. The summed E-state index contributed by atoms with van der Waals surface area (Å²) in [7, 11) is 7.02. The molecule has 1 aromatic carbocycles. The van der Waals surface area contributed by atoms with Crippen LogP contribution >= 0.6 is 0 Å². The van der Waals surface area contributed by atoms with E-state index in [-0.39, 0.29) is 29.8 Å². The first-order valence-electron chi connectivity index (χ1n) is 9.79. The molecule has 8 nitrogen and oxygen atoms in total. The highest BCUT2D eigenvalue weighted by Crippen LogP contribution is 2.45. The van der Waals surface area contributed by atoms with Crippen LogP contribution in [-0.2, 0) is 7.05 Å². The van der Waals surface area contributed by atoms with Gasteiger partial charge in [0.15, 0.2) is 5.82 Å². The molecule has 3 atom stereocenters. The van der Waals surface area contributed by atoms with Crippen LogP contribution in [0.5, 0.6) is 5.75 Å². The third kappa shape index (κ3) is 3.32. The van der Waals surface area contributed by atoms with Crippen LogP contribution in [0.15, 0.2) is 36.7 Å². The van der Waals surface area contributed by atoms with Crippen molar-refractivity contribution in [2.75, 3.05) is 40.8 Å². The Bertz CT molecular complexity index is 907. The van der Waals surface area contributed by atoms with Crippen molar-refractivity contribution >= 4 is 11.9 Å². The second-order valence-corrected chi connectivity index (χ2v) is 8.04. The number of hydrogen-bond donors (Lipinski definition) is 0. The van der Waals surface area contributed by atoms with Crippen LogP contribution in [0.2, 0.25) is 0 Å². The highest BCUT2D eigenvalue weighted by atomic mass is 16.5. The fourth-order valence-electron chi connectivity index (χ4n) is 4.61. The van der Waals surface area contributed by atoms with Gasteiger partial charge in [0.2, 0.25) is 0 Å². The van der Waals surface area contributed by atoms with Crippen LogP contribution in [0.4, 0.5) is 4.79 Å². The van der Waals surface area contributed by atoms with Crippen LogP contribution in [-0.4, -0.2) is 77.0 Å². The largest absolute Gasteiger partial charge is 0.497 e. The maximum atomic E-state index is 12.9. The van der Waals surface area contributed by atoms with Gasteiger partial charge in [0.25, 0.3) is 5.91 Å². The second kappa shape index (κ2) is 7.42. The average Bonchev–Trinajstić information content (AvgIpc) is 3.40. The number of urea groups is 1. The number of amides is 3. The van der Waals surface area contributed by atoms with E-state index in [1.165, 1.54) is 0 Å². The zero-order valence-corrected chi connectivity index (χ0v) is 17.3. The quantitative estimate of drug-likeness (QED) is 0.793. The number of hydrogen-bond acceptors (Lipinski definition) is 4. The summed E-state index contributed by atoms with van der Waals surface area (Å²) < 4.78 is 7.03. The lowest BCUT2D eigenvalue weighted by molar-refractivity contribution is 0.0751. The van der Waals surface area contributed by atoms with E-state index in [1.807, 2.05) is 41.1 Å². The number of aromatic nitrogens is 2. The Kier molecular flexibility index (Phi) is 4.94. The summed E-state index contributed by atoms with van der Waals surface area (Å²) in [5, 5.41) is 0. The predicted octanol–water partition coefficient (Wildman–Crippen LogP) is 1.86. The molecule has 0 aliphatic carbocycles. The van der Waals surface area contributed by atoms with E-state index in [2.05, 4.69) is 4.98 Å². The molecule has 2 fully saturated rings. The number of fused-ring (bicyclic) bond motifs is 1. The van der Waals surface area contributed by atoms with Gasteiger partial charge >= 0.3 is 6.03 Å². The highest BCUT2D eigenvalue weighted by molar-refractivity contribution is 5.91. The number of methoxy groups -OCH3 is 1. The van der Waals surface area contributed by atoms with E-state index >= 15 is 0 Å². The Hall–Kier alpha value is -3.03. The summed E-state index contributed by atoms with van der Waals surface area (Å²) in [6.07, 6.45) is 3.42. The SMILES string of the molecule is COc1ccc([C@H]2[C@@H]3CN(C(=O)c4nccn4C)C[C@@H]3CN2C(=O)N(C)C)cc1. The molecule has 2 aliphatic heterocycles. The van der Waals surface area contributed by atoms with Gasteiger partial charge in [0.05, 0.1) is 13.2 Å². The molecule has 0 radical (unpaired) electrons. The van der Waals surface area contributed by atoms with Crippen molar-refractivity contribution < 1.29 is 14.3 Å². The molecule has 29 heavy (non-hydrogen) atoms. The Morgan fingerprint density at radius 3 is 2.45 bits per heavy atom. The van der Waals surface area contributed by atoms with Crippen molar-refractivity contribution in [2.24, 2.45) is 18.9 Å². The monoisotopic (exact) mass is 397 g/mol. The fourth-order valence-corrected chi connectivity index (χ4v) is 4.61. The van der Waals surface area contributed by atoms with Crippen LogP contribution in [0.25, 0.3) is 0 Å². The van der Waals surface area contributed by atoms with Crippen LogP contribution in [0.1, 0.15) is 22.2 Å². The minimum atomic E-state index is -0.0695. The van der Waals surface area contributed by atoms with E-state index in [0.29, 0.717) is 25.5 Å². The van der Waals surface area contributed by atoms with Gasteiger partial charge in [-0.1, -0.05) is 12.1 Å². The van der Waals surface area contributed by atoms with Crippen LogP contribution in [0, 0.1) is 11.8 Å². The summed E-state index contributed by atoms with van der Waals surface area (Å²) in [5.41, 5.74) is 1.07. The number of carbonyl (C=O) groups excluding carboxylic acids is 2. The summed E-state index contributed by atoms with van der Waals surface area (Å²) in [4.78, 5) is 35.5. The second-order valence-electron chi connectivity index (χ2n) is 8.04. The van der Waals surface area contributed by atoms with E-state index < -0.39 is 0 Å². The van der Waals surface area contributed by atoms with E-state index in [0.717, 1.165) is 11.3 Å². The number of benzene rings is 1. The van der Waals surface area contributed by atoms with Gasteiger partial charge in [-0.2, -0.15) is 0 Å². The van der Waals surface area contributed by atoms with Crippen LogP contribution in [0.3, 0.4) is 0 Å². The lowest BCUT2D eigenvalue weighted by atomic mass is 9.89. The number of carbonyl (C=O) groups is 2. The molecule has 2 saturated heterocycles. The third-order valence-electron chi connectivity index (χ3n) is 6.05. The molecule has 2 aromatic rings.